The van der Waals surface area contributed by atoms with Crippen molar-refractivity contribution in [3.63, 3.8) is 0 Å². The van der Waals surface area contributed by atoms with Gasteiger partial charge in [-0.3, -0.25) is 4.68 Å². The van der Waals surface area contributed by atoms with Crippen molar-refractivity contribution in [2.24, 2.45) is 7.05 Å². The maximum atomic E-state index is 5.07. The van der Waals surface area contributed by atoms with Gasteiger partial charge in [-0.2, -0.15) is 5.10 Å². The normalized spacial score (nSPS) is 12.3. The van der Waals surface area contributed by atoms with Crippen LogP contribution in [0.2, 0.25) is 0 Å². The molecular weight excluding hydrogens is 254 g/mol. The van der Waals surface area contributed by atoms with E-state index in [0.717, 1.165) is 25.2 Å². The van der Waals surface area contributed by atoms with Gasteiger partial charge in [0.05, 0.1) is 7.11 Å². The molecule has 0 aliphatic rings. The summed E-state index contributed by atoms with van der Waals surface area (Å²) in [7, 11) is 3.54. The first-order valence-corrected chi connectivity index (χ1v) is 6.78. The third kappa shape index (κ3) is 3.77. The average Bonchev–Trinajstić information content (AvgIpc) is 2.85. The monoisotopic (exact) mass is 275 g/mol. The van der Waals surface area contributed by atoms with Crippen molar-refractivity contribution < 1.29 is 4.74 Å². The first-order valence-electron chi connectivity index (χ1n) is 6.78. The number of likely N-dealkylation sites (N-methyl/N-ethyl adjacent to an activating group) is 1. The number of hydrogen-bond donors (Lipinski definition) is 1. The lowest BCUT2D eigenvalue weighted by molar-refractivity contribution is 0.397. The van der Waals surface area contributed by atoms with Crippen molar-refractivity contribution in [3.8, 4) is 5.88 Å². The lowest BCUT2D eigenvalue weighted by Crippen LogP contribution is -2.34. The zero-order valence-electron chi connectivity index (χ0n) is 12.2. The number of hydrogen-bond acceptors (Lipinski definition) is 5. The van der Waals surface area contributed by atoms with Crippen LogP contribution in [0.5, 0.6) is 5.88 Å². The lowest BCUT2D eigenvalue weighted by Gasteiger charge is -2.17. The summed E-state index contributed by atoms with van der Waals surface area (Å²) >= 11 is 0. The van der Waals surface area contributed by atoms with Gasteiger partial charge in [-0.25, -0.2) is 9.97 Å². The van der Waals surface area contributed by atoms with Crippen LogP contribution in [-0.2, 0) is 19.9 Å². The second-order valence-corrected chi connectivity index (χ2v) is 4.67. The summed E-state index contributed by atoms with van der Waals surface area (Å²) in [6.07, 6.45) is 5.20. The molecule has 6 nitrogen and oxygen atoms in total. The molecule has 6 heteroatoms. The maximum Gasteiger partial charge on any atom is 0.212 e. The van der Waals surface area contributed by atoms with Crippen molar-refractivity contribution in [1.29, 1.82) is 0 Å². The van der Waals surface area contributed by atoms with E-state index in [1.165, 1.54) is 5.56 Å². The Labute approximate surface area is 119 Å². The van der Waals surface area contributed by atoms with Gasteiger partial charge in [0.15, 0.2) is 0 Å². The van der Waals surface area contributed by atoms with Crippen molar-refractivity contribution in [2.45, 2.75) is 25.8 Å². The van der Waals surface area contributed by atoms with Gasteiger partial charge in [0.2, 0.25) is 5.88 Å². The second-order valence-electron chi connectivity index (χ2n) is 4.67. The fraction of sp³-hybridized carbons (Fsp3) is 0.500. The molecule has 0 aromatic carbocycles. The van der Waals surface area contributed by atoms with E-state index in [1.807, 2.05) is 30.1 Å². The maximum absolute atomic E-state index is 5.07. The number of nitrogens with zero attached hydrogens (tertiary/aromatic N) is 4. The van der Waals surface area contributed by atoms with Gasteiger partial charge in [-0.15, -0.1) is 0 Å². The lowest BCUT2D eigenvalue weighted by atomic mass is 10.0. The minimum absolute atomic E-state index is 0.318. The van der Waals surface area contributed by atoms with Crippen LogP contribution in [0.25, 0.3) is 0 Å². The first-order chi connectivity index (χ1) is 9.72. The van der Waals surface area contributed by atoms with E-state index in [2.05, 4.69) is 27.3 Å². The molecule has 0 bridgehead atoms. The zero-order valence-corrected chi connectivity index (χ0v) is 12.2. The molecule has 0 saturated carbocycles. The van der Waals surface area contributed by atoms with E-state index in [9.17, 15) is 0 Å². The van der Waals surface area contributed by atoms with Gasteiger partial charge in [-0.05, 0) is 18.5 Å². The molecule has 2 rings (SSSR count). The summed E-state index contributed by atoms with van der Waals surface area (Å²) in [6.45, 7) is 3.03. The van der Waals surface area contributed by atoms with Crippen LogP contribution in [0.15, 0.2) is 24.7 Å². The van der Waals surface area contributed by atoms with Crippen molar-refractivity contribution >= 4 is 0 Å². The molecule has 1 N–H and O–H groups in total. The Hall–Kier alpha value is -1.95. The van der Waals surface area contributed by atoms with E-state index in [4.69, 9.17) is 4.74 Å². The highest BCUT2D eigenvalue weighted by Crippen LogP contribution is 2.10. The highest BCUT2D eigenvalue weighted by Gasteiger charge is 2.13. The Morgan fingerprint density at radius 3 is 2.70 bits per heavy atom. The Kier molecular flexibility index (Phi) is 5.06. The third-order valence-corrected chi connectivity index (χ3v) is 3.22. The number of aromatic nitrogens is 4. The van der Waals surface area contributed by atoms with Crippen LogP contribution in [-0.4, -0.2) is 39.4 Å². The van der Waals surface area contributed by atoms with Crippen molar-refractivity contribution in [2.75, 3.05) is 13.7 Å². The standard InChI is InChI=1S/C14H21N5O/c1-4-15-12(8-13-17-10-18-19(13)2)7-11-5-6-14(20-3)16-9-11/h5-6,9-10,12,15H,4,7-8H2,1-3H3. The Bertz CT molecular complexity index is 523. The molecule has 0 radical (unpaired) electrons. The smallest absolute Gasteiger partial charge is 0.212 e. The molecule has 0 aliphatic heterocycles. The molecule has 1 unspecified atom stereocenters. The van der Waals surface area contributed by atoms with E-state index in [-0.39, 0.29) is 0 Å². The quantitative estimate of drug-likeness (QED) is 0.816. The molecule has 2 aromatic heterocycles. The summed E-state index contributed by atoms with van der Waals surface area (Å²) in [5.41, 5.74) is 1.18. The second kappa shape index (κ2) is 7.00. The van der Waals surface area contributed by atoms with Crippen LogP contribution < -0.4 is 10.1 Å². The number of aryl methyl sites for hydroxylation is 1. The van der Waals surface area contributed by atoms with Gasteiger partial charge in [0.1, 0.15) is 12.2 Å². The van der Waals surface area contributed by atoms with Gasteiger partial charge in [-0.1, -0.05) is 13.0 Å². The van der Waals surface area contributed by atoms with E-state index < -0.39 is 0 Å². The molecule has 0 spiro atoms. The fourth-order valence-corrected chi connectivity index (χ4v) is 2.17. The molecule has 0 fully saturated rings. The van der Waals surface area contributed by atoms with E-state index in [0.29, 0.717) is 11.9 Å². The summed E-state index contributed by atoms with van der Waals surface area (Å²) in [5.74, 6) is 1.62. The Balaban J connectivity index is 2.02. The van der Waals surface area contributed by atoms with Crippen molar-refractivity contribution in [3.05, 3.63) is 36.0 Å². The summed E-state index contributed by atoms with van der Waals surface area (Å²) in [4.78, 5) is 8.52. The molecule has 0 amide bonds. The van der Waals surface area contributed by atoms with Crippen LogP contribution in [0, 0.1) is 0 Å². The molecule has 2 heterocycles. The summed E-state index contributed by atoms with van der Waals surface area (Å²) in [6, 6.07) is 4.26. The van der Waals surface area contributed by atoms with Crippen molar-refractivity contribution in [1.82, 2.24) is 25.1 Å². The van der Waals surface area contributed by atoms with Gasteiger partial charge in [0.25, 0.3) is 0 Å². The molecule has 20 heavy (non-hydrogen) atoms. The third-order valence-electron chi connectivity index (χ3n) is 3.22. The van der Waals surface area contributed by atoms with E-state index >= 15 is 0 Å². The highest BCUT2D eigenvalue weighted by atomic mass is 16.5. The van der Waals surface area contributed by atoms with Crippen LogP contribution in [0.4, 0.5) is 0 Å². The summed E-state index contributed by atoms with van der Waals surface area (Å²) in [5, 5.41) is 7.59. The highest BCUT2D eigenvalue weighted by molar-refractivity contribution is 5.18. The molecular formula is C14H21N5O. The molecule has 108 valence electrons. The number of nitrogens with one attached hydrogen (secondary N) is 1. The van der Waals surface area contributed by atoms with Gasteiger partial charge < -0.3 is 10.1 Å². The number of pyridine rings is 1. The van der Waals surface area contributed by atoms with Crippen LogP contribution in [0.1, 0.15) is 18.3 Å². The predicted molar refractivity (Wildman–Crippen MR) is 76.7 cm³/mol. The predicted octanol–water partition coefficient (Wildman–Crippen LogP) is 0.982. The largest absolute Gasteiger partial charge is 0.481 e. The average molecular weight is 275 g/mol. The topological polar surface area (TPSA) is 64.9 Å². The van der Waals surface area contributed by atoms with Gasteiger partial charge >= 0.3 is 0 Å². The molecule has 0 saturated heterocycles. The van der Waals surface area contributed by atoms with Crippen LogP contribution in [0.3, 0.4) is 0 Å². The van der Waals surface area contributed by atoms with E-state index in [1.54, 1.807) is 13.4 Å². The zero-order chi connectivity index (χ0) is 14.4. The minimum atomic E-state index is 0.318. The first kappa shape index (κ1) is 14.5. The fourth-order valence-electron chi connectivity index (χ4n) is 2.17. The molecule has 2 aromatic rings. The SMILES string of the molecule is CCNC(Cc1ccc(OC)nc1)Cc1ncnn1C. The number of rotatable bonds is 7. The van der Waals surface area contributed by atoms with Gasteiger partial charge in [0, 0.05) is 31.8 Å². The molecule has 1 atom stereocenters. The Morgan fingerprint density at radius 2 is 2.15 bits per heavy atom. The number of methoxy groups -OCH3 is 1. The minimum Gasteiger partial charge on any atom is -0.481 e. The molecule has 0 aliphatic carbocycles. The Morgan fingerprint density at radius 1 is 1.30 bits per heavy atom. The van der Waals surface area contributed by atoms with Crippen LogP contribution >= 0.6 is 0 Å². The number of ether oxygens (including phenoxy) is 1. The summed E-state index contributed by atoms with van der Waals surface area (Å²) < 4.78 is 6.89.